The van der Waals surface area contributed by atoms with E-state index in [4.69, 9.17) is 4.98 Å². The van der Waals surface area contributed by atoms with Crippen LogP contribution < -0.4 is 5.32 Å². The summed E-state index contributed by atoms with van der Waals surface area (Å²) in [6.45, 7) is 5.41. The zero-order valence-corrected chi connectivity index (χ0v) is 17.8. The Labute approximate surface area is 176 Å². The van der Waals surface area contributed by atoms with Crippen LogP contribution in [0.3, 0.4) is 0 Å². The SMILES string of the molecule is Cc1cnc(NCCCC2CCN(CCF)CC2)nc1-c1cc2ccccc2s1. The van der Waals surface area contributed by atoms with E-state index in [1.165, 1.54) is 34.2 Å². The molecule has 3 aromatic rings. The number of nitrogens with one attached hydrogen (secondary N) is 1. The fourth-order valence-electron chi connectivity index (χ4n) is 4.08. The summed E-state index contributed by atoms with van der Waals surface area (Å²) in [6, 6.07) is 10.7. The lowest BCUT2D eigenvalue weighted by Gasteiger charge is -2.31. The molecule has 0 saturated carbocycles. The molecule has 0 spiro atoms. The van der Waals surface area contributed by atoms with Crippen molar-refractivity contribution in [3.63, 3.8) is 0 Å². The summed E-state index contributed by atoms with van der Waals surface area (Å²) in [5.74, 6) is 1.47. The lowest BCUT2D eigenvalue weighted by molar-refractivity contribution is 0.167. The van der Waals surface area contributed by atoms with Crippen LogP contribution in [-0.4, -0.2) is 47.7 Å². The van der Waals surface area contributed by atoms with Gasteiger partial charge in [-0.3, -0.25) is 0 Å². The number of hydrogen-bond acceptors (Lipinski definition) is 5. The van der Waals surface area contributed by atoms with Gasteiger partial charge in [0.2, 0.25) is 5.95 Å². The average molecular weight is 413 g/mol. The third-order valence-electron chi connectivity index (χ3n) is 5.81. The molecule has 0 aliphatic carbocycles. The second-order valence-corrected chi connectivity index (χ2v) is 9.00. The van der Waals surface area contributed by atoms with E-state index in [1.807, 2.05) is 6.20 Å². The highest BCUT2D eigenvalue weighted by molar-refractivity contribution is 7.22. The maximum absolute atomic E-state index is 12.4. The highest BCUT2D eigenvalue weighted by Crippen LogP contribution is 2.34. The van der Waals surface area contributed by atoms with E-state index < -0.39 is 0 Å². The lowest BCUT2D eigenvalue weighted by atomic mass is 9.92. The average Bonchev–Trinajstić information content (AvgIpc) is 3.18. The molecule has 4 rings (SSSR count). The van der Waals surface area contributed by atoms with Crippen molar-refractivity contribution < 1.29 is 4.39 Å². The Morgan fingerprint density at radius 1 is 1.24 bits per heavy atom. The van der Waals surface area contributed by atoms with Gasteiger partial charge in [-0.05, 0) is 74.7 Å². The first-order chi connectivity index (χ1) is 14.2. The lowest BCUT2D eigenvalue weighted by Crippen LogP contribution is -2.35. The van der Waals surface area contributed by atoms with Crippen LogP contribution >= 0.6 is 11.3 Å². The topological polar surface area (TPSA) is 41.1 Å². The maximum atomic E-state index is 12.4. The van der Waals surface area contributed by atoms with Crippen molar-refractivity contribution in [3.05, 3.63) is 42.1 Å². The number of fused-ring (bicyclic) bond motifs is 1. The van der Waals surface area contributed by atoms with E-state index >= 15 is 0 Å². The van der Waals surface area contributed by atoms with Crippen LogP contribution in [0.25, 0.3) is 20.7 Å². The highest BCUT2D eigenvalue weighted by atomic mass is 32.1. The fraction of sp³-hybridized carbons (Fsp3) is 0.478. The Bertz CT molecular complexity index is 901. The second kappa shape index (κ2) is 9.63. The molecule has 0 radical (unpaired) electrons. The molecule has 1 saturated heterocycles. The number of aromatic nitrogens is 2. The number of rotatable bonds is 8. The minimum atomic E-state index is -0.228. The van der Waals surface area contributed by atoms with Gasteiger partial charge in [0.15, 0.2) is 0 Å². The third-order valence-corrected chi connectivity index (χ3v) is 6.93. The van der Waals surface area contributed by atoms with Crippen molar-refractivity contribution in [1.29, 1.82) is 0 Å². The summed E-state index contributed by atoms with van der Waals surface area (Å²) in [7, 11) is 0. The molecule has 6 heteroatoms. The summed E-state index contributed by atoms with van der Waals surface area (Å²) in [4.78, 5) is 12.7. The number of aryl methyl sites for hydroxylation is 1. The van der Waals surface area contributed by atoms with Gasteiger partial charge >= 0.3 is 0 Å². The van der Waals surface area contributed by atoms with Crippen LogP contribution in [0, 0.1) is 12.8 Å². The van der Waals surface area contributed by atoms with Crippen LogP contribution in [0.5, 0.6) is 0 Å². The first kappa shape index (κ1) is 20.2. The standard InChI is InChI=1S/C23H29FN4S/c1-17-16-26-23(25-11-4-5-18-8-12-28(13-9-18)14-10-24)27-22(17)21-15-19-6-2-3-7-20(19)29-21/h2-3,6-7,15-16,18H,4-5,8-14H2,1H3,(H,25,26,27). The van der Waals surface area contributed by atoms with Crippen molar-refractivity contribution in [2.24, 2.45) is 5.92 Å². The van der Waals surface area contributed by atoms with E-state index in [0.29, 0.717) is 12.5 Å². The summed E-state index contributed by atoms with van der Waals surface area (Å²) in [5.41, 5.74) is 2.12. The molecule has 0 bridgehead atoms. The number of halogens is 1. The number of thiophene rings is 1. The van der Waals surface area contributed by atoms with Gasteiger partial charge in [-0.25, -0.2) is 14.4 Å². The smallest absolute Gasteiger partial charge is 0.223 e. The molecule has 3 heterocycles. The number of alkyl halides is 1. The van der Waals surface area contributed by atoms with Crippen molar-refractivity contribution in [2.45, 2.75) is 32.6 Å². The predicted molar refractivity (Wildman–Crippen MR) is 120 cm³/mol. The maximum Gasteiger partial charge on any atom is 0.223 e. The molecular weight excluding hydrogens is 383 g/mol. The molecule has 1 fully saturated rings. The van der Waals surface area contributed by atoms with Gasteiger partial charge in [-0.1, -0.05) is 18.2 Å². The van der Waals surface area contributed by atoms with Crippen LogP contribution in [0.15, 0.2) is 36.5 Å². The summed E-state index contributed by atoms with van der Waals surface area (Å²) >= 11 is 1.78. The molecule has 0 unspecified atom stereocenters. The summed E-state index contributed by atoms with van der Waals surface area (Å²) < 4.78 is 13.7. The van der Waals surface area contributed by atoms with Gasteiger partial charge in [0.1, 0.15) is 6.67 Å². The van der Waals surface area contributed by atoms with Crippen LogP contribution in [-0.2, 0) is 0 Å². The molecule has 0 atom stereocenters. The Kier molecular flexibility index (Phi) is 6.72. The van der Waals surface area contributed by atoms with E-state index in [1.54, 1.807) is 11.3 Å². The molecule has 4 nitrogen and oxygen atoms in total. The van der Waals surface area contributed by atoms with Crippen molar-refractivity contribution in [2.75, 3.05) is 38.2 Å². The Morgan fingerprint density at radius 2 is 2.07 bits per heavy atom. The van der Waals surface area contributed by atoms with Crippen LogP contribution in [0.2, 0.25) is 0 Å². The van der Waals surface area contributed by atoms with Gasteiger partial charge in [-0.15, -0.1) is 11.3 Å². The van der Waals surface area contributed by atoms with Crippen molar-refractivity contribution in [3.8, 4) is 10.6 Å². The van der Waals surface area contributed by atoms with Crippen molar-refractivity contribution in [1.82, 2.24) is 14.9 Å². The van der Waals surface area contributed by atoms with E-state index in [0.717, 1.165) is 43.2 Å². The molecule has 1 N–H and O–H groups in total. The normalized spacial score (nSPS) is 15.8. The summed E-state index contributed by atoms with van der Waals surface area (Å²) in [5, 5.41) is 4.67. The molecular formula is C23H29FN4S. The number of nitrogens with zero attached hydrogens (tertiary/aromatic N) is 3. The molecule has 154 valence electrons. The van der Waals surface area contributed by atoms with Crippen LogP contribution in [0.1, 0.15) is 31.2 Å². The Balaban J connectivity index is 1.30. The number of benzene rings is 1. The Morgan fingerprint density at radius 3 is 2.86 bits per heavy atom. The molecule has 2 aromatic heterocycles. The number of likely N-dealkylation sites (tertiary alicyclic amines) is 1. The zero-order valence-electron chi connectivity index (χ0n) is 17.0. The van der Waals surface area contributed by atoms with Gasteiger partial charge in [0, 0.05) is 24.0 Å². The van der Waals surface area contributed by atoms with Gasteiger partial charge < -0.3 is 10.2 Å². The highest BCUT2D eigenvalue weighted by Gasteiger charge is 2.18. The first-order valence-corrected chi connectivity index (χ1v) is 11.4. The Hall–Kier alpha value is -2.05. The largest absolute Gasteiger partial charge is 0.354 e. The molecule has 0 amide bonds. The number of anilines is 1. The quantitative estimate of drug-likeness (QED) is 0.493. The molecule has 1 aliphatic rings. The number of piperidine rings is 1. The monoisotopic (exact) mass is 412 g/mol. The zero-order chi connectivity index (χ0) is 20.1. The molecule has 1 aliphatic heterocycles. The number of hydrogen-bond donors (Lipinski definition) is 1. The van der Waals surface area contributed by atoms with Gasteiger partial charge in [0.05, 0.1) is 10.6 Å². The van der Waals surface area contributed by atoms with E-state index in [2.05, 4.69) is 52.5 Å². The minimum absolute atomic E-state index is 0.228. The predicted octanol–water partition coefficient (Wildman–Crippen LogP) is 5.54. The van der Waals surface area contributed by atoms with Crippen molar-refractivity contribution >= 4 is 27.4 Å². The molecule has 1 aromatic carbocycles. The van der Waals surface area contributed by atoms with E-state index in [-0.39, 0.29) is 6.67 Å². The second-order valence-electron chi connectivity index (χ2n) is 7.92. The van der Waals surface area contributed by atoms with E-state index in [9.17, 15) is 4.39 Å². The molecule has 29 heavy (non-hydrogen) atoms. The van der Waals surface area contributed by atoms with Crippen LogP contribution in [0.4, 0.5) is 10.3 Å². The third kappa shape index (κ3) is 5.11. The fourth-order valence-corrected chi connectivity index (χ4v) is 5.20. The van der Waals surface area contributed by atoms with Gasteiger partial charge in [0.25, 0.3) is 0 Å². The summed E-state index contributed by atoms with van der Waals surface area (Å²) in [6.07, 6.45) is 6.62. The minimum Gasteiger partial charge on any atom is -0.354 e. The van der Waals surface area contributed by atoms with Gasteiger partial charge in [-0.2, -0.15) is 0 Å². The first-order valence-electron chi connectivity index (χ1n) is 10.6.